The summed E-state index contributed by atoms with van der Waals surface area (Å²) in [6, 6.07) is 0. The van der Waals surface area contributed by atoms with Crippen molar-refractivity contribution in [1.29, 1.82) is 0 Å². The number of carbonyl (C=O) groups excluding carboxylic acids is 1. The lowest BCUT2D eigenvalue weighted by Gasteiger charge is -2.04. The van der Waals surface area contributed by atoms with Gasteiger partial charge in [-0.3, -0.25) is 9.78 Å². The van der Waals surface area contributed by atoms with Gasteiger partial charge in [-0.2, -0.15) is 0 Å². The van der Waals surface area contributed by atoms with Crippen LogP contribution in [0.3, 0.4) is 0 Å². The highest BCUT2D eigenvalue weighted by atomic mass is 35.5. The van der Waals surface area contributed by atoms with Crippen molar-refractivity contribution in [2.75, 3.05) is 0 Å². The summed E-state index contributed by atoms with van der Waals surface area (Å²) in [6.45, 7) is 0. The number of pyridine rings is 1. The summed E-state index contributed by atoms with van der Waals surface area (Å²) in [5.41, 5.74) is -0.617. The maximum Gasteiger partial charge on any atom is 0.281 e. The minimum absolute atomic E-state index is 0.00364. The van der Waals surface area contributed by atoms with Crippen molar-refractivity contribution in [3.63, 3.8) is 0 Å². The van der Waals surface area contributed by atoms with Crippen LogP contribution in [0.4, 0.5) is 8.78 Å². The van der Waals surface area contributed by atoms with Crippen molar-refractivity contribution < 1.29 is 13.6 Å². The lowest BCUT2D eigenvalue weighted by atomic mass is 10.2. The van der Waals surface area contributed by atoms with Gasteiger partial charge in [-0.25, -0.2) is 8.78 Å². The molecule has 1 aromatic heterocycles. The van der Waals surface area contributed by atoms with Gasteiger partial charge in [0.25, 0.3) is 6.43 Å². The summed E-state index contributed by atoms with van der Waals surface area (Å²) < 4.78 is 24.3. The largest absolute Gasteiger partial charge is 0.298 e. The molecular weight excluding hydrogens is 223 g/mol. The third kappa shape index (κ3) is 1.95. The van der Waals surface area contributed by atoms with Crippen LogP contribution >= 0.6 is 23.2 Å². The summed E-state index contributed by atoms with van der Waals surface area (Å²) in [7, 11) is 0. The molecule has 0 fully saturated rings. The Hall–Kier alpha value is -0.740. The fourth-order valence-corrected chi connectivity index (χ4v) is 1.16. The second-order valence-corrected chi connectivity index (χ2v) is 2.90. The molecule has 13 heavy (non-hydrogen) atoms. The van der Waals surface area contributed by atoms with E-state index < -0.39 is 12.1 Å². The van der Waals surface area contributed by atoms with E-state index in [1.54, 1.807) is 0 Å². The van der Waals surface area contributed by atoms with E-state index in [2.05, 4.69) is 4.98 Å². The summed E-state index contributed by atoms with van der Waals surface area (Å²) in [5.74, 6) is 0. The van der Waals surface area contributed by atoms with Gasteiger partial charge in [0.2, 0.25) is 0 Å². The lowest BCUT2D eigenvalue weighted by molar-refractivity contribution is 0.112. The average Bonchev–Trinajstić information content (AvgIpc) is 2.09. The second kappa shape index (κ2) is 3.98. The van der Waals surface area contributed by atoms with Crippen molar-refractivity contribution in [1.82, 2.24) is 4.98 Å². The van der Waals surface area contributed by atoms with Crippen LogP contribution in [-0.4, -0.2) is 11.3 Å². The second-order valence-electron chi connectivity index (χ2n) is 2.15. The minimum atomic E-state index is -2.80. The van der Waals surface area contributed by atoms with Gasteiger partial charge in [0.05, 0.1) is 15.6 Å². The van der Waals surface area contributed by atoms with E-state index in [0.29, 0.717) is 6.29 Å². The maximum absolute atomic E-state index is 12.1. The summed E-state index contributed by atoms with van der Waals surface area (Å²) in [4.78, 5) is 13.6. The standard InChI is InChI=1S/C7H3Cl2F2NO/c8-4-3(2-13)1-12-6(5(4)9)7(10)11/h1-2,7H. The molecule has 0 aromatic carbocycles. The number of alkyl halides is 2. The van der Waals surface area contributed by atoms with Crippen LogP contribution in [0.1, 0.15) is 22.5 Å². The summed E-state index contributed by atoms with van der Waals surface area (Å²) >= 11 is 10.9. The Kier molecular flexibility index (Phi) is 3.17. The first-order valence-corrected chi connectivity index (χ1v) is 3.90. The van der Waals surface area contributed by atoms with Crippen molar-refractivity contribution in [2.24, 2.45) is 0 Å². The predicted molar refractivity (Wildman–Crippen MR) is 44.6 cm³/mol. The molecule has 1 rings (SSSR count). The molecule has 0 aliphatic heterocycles. The maximum atomic E-state index is 12.1. The van der Waals surface area contributed by atoms with Gasteiger partial charge in [-0.05, 0) is 0 Å². The molecule has 0 radical (unpaired) electrons. The normalized spacial score (nSPS) is 10.5. The highest BCUT2D eigenvalue weighted by molar-refractivity contribution is 6.43. The monoisotopic (exact) mass is 225 g/mol. The number of rotatable bonds is 2. The molecule has 0 bridgehead atoms. The van der Waals surface area contributed by atoms with Gasteiger partial charge in [0.15, 0.2) is 6.29 Å². The van der Waals surface area contributed by atoms with Crippen LogP contribution in [0.5, 0.6) is 0 Å². The molecule has 2 nitrogen and oxygen atoms in total. The van der Waals surface area contributed by atoms with Crippen molar-refractivity contribution in [3.05, 3.63) is 27.5 Å². The van der Waals surface area contributed by atoms with Gasteiger partial charge in [0.1, 0.15) is 5.69 Å². The van der Waals surface area contributed by atoms with Gasteiger partial charge < -0.3 is 0 Å². The summed E-state index contributed by atoms with van der Waals surface area (Å²) in [5, 5.41) is -0.566. The first-order valence-electron chi connectivity index (χ1n) is 3.15. The molecule has 0 N–H and O–H groups in total. The number of hydrogen-bond donors (Lipinski definition) is 0. The fourth-order valence-electron chi connectivity index (χ4n) is 0.726. The Morgan fingerprint density at radius 1 is 1.38 bits per heavy atom. The Bertz CT molecular complexity index is 344. The van der Waals surface area contributed by atoms with Gasteiger partial charge >= 0.3 is 0 Å². The van der Waals surface area contributed by atoms with E-state index >= 15 is 0 Å². The number of nitrogens with zero attached hydrogens (tertiary/aromatic N) is 1. The lowest BCUT2D eigenvalue weighted by Crippen LogP contribution is -1.95. The highest BCUT2D eigenvalue weighted by Gasteiger charge is 2.18. The number of aromatic nitrogens is 1. The number of aldehydes is 1. The molecule has 6 heteroatoms. The van der Waals surface area contributed by atoms with E-state index in [1.165, 1.54) is 0 Å². The van der Waals surface area contributed by atoms with Crippen LogP contribution in [0, 0.1) is 0 Å². The molecule has 0 unspecified atom stereocenters. The third-order valence-electron chi connectivity index (χ3n) is 1.35. The Balaban J connectivity index is 3.31. The van der Waals surface area contributed by atoms with Crippen molar-refractivity contribution >= 4 is 29.5 Å². The van der Waals surface area contributed by atoms with E-state index in [1.807, 2.05) is 0 Å². The molecular formula is C7H3Cl2F2NO. The molecule has 0 saturated heterocycles. The molecule has 0 aliphatic carbocycles. The quantitative estimate of drug-likeness (QED) is 0.725. The topological polar surface area (TPSA) is 30.0 Å². The van der Waals surface area contributed by atoms with Crippen LogP contribution in [0.2, 0.25) is 10.0 Å². The zero-order chi connectivity index (χ0) is 10.0. The Morgan fingerprint density at radius 3 is 2.46 bits per heavy atom. The predicted octanol–water partition coefficient (Wildman–Crippen LogP) is 3.14. The number of halogens is 4. The van der Waals surface area contributed by atoms with E-state index in [0.717, 1.165) is 6.20 Å². The number of carbonyl (C=O) groups is 1. The van der Waals surface area contributed by atoms with Crippen LogP contribution in [-0.2, 0) is 0 Å². The van der Waals surface area contributed by atoms with Gasteiger partial charge in [0, 0.05) is 6.20 Å². The molecule has 0 amide bonds. The zero-order valence-corrected chi connectivity index (χ0v) is 7.61. The zero-order valence-electron chi connectivity index (χ0n) is 6.10. The van der Waals surface area contributed by atoms with Crippen LogP contribution in [0.15, 0.2) is 6.20 Å². The Morgan fingerprint density at radius 2 is 2.00 bits per heavy atom. The van der Waals surface area contributed by atoms with Crippen molar-refractivity contribution in [2.45, 2.75) is 6.43 Å². The molecule has 1 aromatic rings. The fraction of sp³-hybridized carbons (Fsp3) is 0.143. The Labute approximate surface area is 82.5 Å². The average molecular weight is 226 g/mol. The van der Waals surface area contributed by atoms with E-state index in [-0.39, 0.29) is 15.6 Å². The van der Waals surface area contributed by atoms with E-state index in [9.17, 15) is 13.6 Å². The highest BCUT2D eigenvalue weighted by Crippen LogP contribution is 2.32. The SMILES string of the molecule is O=Cc1cnc(C(F)F)c(Cl)c1Cl. The number of hydrogen-bond acceptors (Lipinski definition) is 2. The van der Waals surface area contributed by atoms with E-state index in [4.69, 9.17) is 23.2 Å². The third-order valence-corrected chi connectivity index (χ3v) is 2.23. The van der Waals surface area contributed by atoms with Crippen LogP contribution < -0.4 is 0 Å². The molecule has 1 heterocycles. The minimum Gasteiger partial charge on any atom is -0.298 e. The van der Waals surface area contributed by atoms with Crippen molar-refractivity contribution in [3.8, 4) is 0 Å². The molecule has 0 spiro atoms. The molecule has 0 aliphatic rings. The molecule has 70 valence electrons. The smallest absolute Gasteiger partial charge is 0.281 e. The van der Waals surface area contributed by atoms with Gasteiger partial charge in [-0.1, -0.05) is 23.2 Å². The first-order chi connectivity index (χ1) is 6.07. The first kappa shape index (κ1) is 10.3. The van der Waals surface area contributed by atoms with Gasteiger partial charge in [-0.15, -0.1) is 0 Å². The summed E-state index contributed by atoms with van der Waals surface area (Å²) in [6.07, 6.45) is -1.44. The van der Waals surface area contributed by atoms with Crippen LogP contribution in [0.25, 0.3) is 0 Å². The molecule has 0 atom stereocenters. The molecule has 0 saturated carbocycles.